The zero-order chi connectivity index (χ0) is 85.0. The Bertz CT molecular complexity index is 2990. The third-order valence-electron chi connectivity index (χ3n) is 18.6. The van der Waals surface area contributed by atoms with E-state index in [0.29, 0.717) is 22.8 Å². The Kier molecular flexibility index (Phi) is 55.4. The molecule has 4 rings (SSSR count). The molecule has 4 heterocycles. The number of carbonyl (C=O) groups is 12. The molecule has 2 aliphatic rings. The maximum absolute atomic E-state index is 12.8. The minimum atomic E-state index is -1.35. The van der Waals surface area contributed by atoms with Gasteiger partial charge in [-0.25, -0.2) is 0 Å². The number of fused-ring (bicyclic) bond motifs is 4. The van der Waals surface area contributed by atoms with Gasteiger partial charge < -0.3 is 124 Å². The summed E-state index contributed by atoms with van der Waals surface area (Å²) in [5.74, 6) is -11.3. The molecular weight excluding hydrogens is 1830 g/mol. The number of rotatable bonds is 48. The van der Waals surface area contributed by atoms with Crippen LogP contribution in [0.2, 0.25) is 0 Å². The molecule has 12 atom stereocenters. The second kappa shape index (κ2) is 59.5. The van der Waals surface area contributed by atoms with Crippen LogP contribution in [0.15, 0.2) is 36.4 Å². The van der Waals surface area contributed by atoms with Crippen molar-refractivity contribution in [2.45, 2.75) is 176 Å². The molecule has 44 nitrogen and oxygen atoms in total. The quantitative estimate of drug-likeness (QED) is 0.0293. The normalized spacial score (nSPS) is 17.4. The Morgan fingerprint density at radius 1 is 0.276 bits per heavy atom. The van der Waals surface area contributed by atoms with Crippen molar-refractivity contribution in [3.05, 3.63) is 59.2 Å². The van der Waals surface area contributed by atoms with Crippen molar-refractivity contribution in [3.8, 4) is 0 Å². The topological polar surface area (TPSA) is 686 Å². The monoisotopic (exact) mass is 1950 g/mol. The molecule has 0 saturated carbocycles. The van der Waals surface area contributed by atoms with Gasteiger partial charge in [-0.05, 0) is 62.8 Å². The van der Waals surface area contributed by atoms with Crippen molar-refractivity contribution in [2.75, 3.05) is 131 Å². The molecule has 0 saturated heterocycles. The SMILES string of the molecule is O=C(CCC(C(=O)O)N1CCN(C(CCC(=O)NCC(O)CO)C(=O)O)Cc2cccc(n2)CN(C(CCC(=O)NCC(O)CO)C(=O)O)CC1)NCC(O)CO.O=C(CCC(C(=O)O)N1CCN(C(CCC(=O)NCC(O)CO)C(=O)O)Cc2cccc(n2)CN(C(CCC(=O)NCC(O)CO)C(=O)O)CC1)NCC(O)CO.[Gd+3].[Gd+3]. The molecule has 116 heavy (non-hydrogen) atoms. The van der Waals surface area contributed by atoms with E-state index in [9.17, 15) is 119 Å². The molecular formula is C70H114Gd2N14O30+6. The van der Waals surface area contributed by atoms with Crippen LogP contribution in [0.25, 0.3) is 0 Å². The van der Waals surface area contributed by atoms with Crippen LogP contribution in [-0.4, -0.2) is 407 Å². The summed E-state index contributed by atoms with van der Waals surface area (Å²) in [6.07, 6.45) is -10.3. The van der Waals surface area contributed by atoms with E-state index in [1.807, 2.05) is 0 Å². The molecule has 0 aromatic carbocycles. The molecule has 2 aromatic rings. The molecule has 46 heteroatoms. The molecule has 2 radical (unpaired) electrons. The Morgan fingerprint density at radius 3 is 0.569 bits per heavy atom. The summed E-state index contributed by atoms with van der Waals surface area (Å²) in [5, 5.41) is 188. The van der Waals surface area contributed by atoms with Crippen LogP contribution in [0.1, 0.15) is 99.8 Å². The number of aliphatic carboxylic acids is 6. The number of carbonyl (C=O) groups excluding carboxylic acids is 6. The van der Waals surface area contributed by atoms with Crippen LogP contribution in [0, 0.1) is 79.9 Å². The zero-order valence-electron chi connectivity index (χ0n) is 64.1. The van der Waals surface area contributed by atoms with E-state index in [0.717, 1.165) is 0 Å². The van der Waals surface area contributed by atoms with Gasteiger partial charge >= 0.3 is 116 Å². The first kappa shape index (κ1) is 108. The van der Waals surface area contributed by atoms with Crippen LogP contribution >= 0.6 is 0 Å². The summed E-state index contributed by atoms with van der Waals surface area (Å²) in [7, 11) is 0. The number of pyridine rings is 2. The third kappa shape index (κ3) is 42.7. The fourth-order valence-electron chi connectivity index (χ4n) is 12.2. The van der Waals surface area contributed by atoms with Gasteiger partial charge in [-0.2, -0.15) is 0 Å². The zero-order valence-corrected chi connectivity index (χ0v) is 68.6. The number of nitrogens with zero attached hydrogens (tertiary/aromatic N) is 8. The van der Waals surface area contributed by atoms with E-state index < -0.39 is 184 Å². The van der Waals surface area contributed by atoms with Gasteiger partial charge in [0.2, 0.25) is 35.4 Å². The molecule has 0 fully saturated rings. The number of hydrogen-bond acceptors (Lipinski definition) is 32. The number of aliphatic hydroxyl groups excluding tert-OH is 12. The molecule has 654 valence electrons. The van der Waals surface area contributed by atoms with Gasteiger partial charge in [0.25, 0.3) is 0 Å². The molecule has 2 aliphatic heterocycles. The van der Waals surface area contributed by atoms with E-state index in [2.05, 4.69) is 41.9 Å². The summed E-state index contributed by atoms with van der Waals surface area (Å²) < 4.78 is 0. The second-order valence-electron chi connectivity index (χ2n) is 27.4. The van der Waals surface area contributed by atoms with Gasteiger partial charge in [-0.1, -0.05) is 12.1 Å². The summed E-state index contributed by atoms with van der Waals surface area (Å²) in [4.78, 5) is 170. The van der Waals surface area contributed by atoms with Crippen LogP contribution in [0.3, 0.4) is 0 Å². The standard InChI is InChI=1S/2C35H57N7O15.2Gd/c2*43-19-24(46)14-36-30(49)7-4-27(33(52)53)40-10-12-41(28(34(54)55)5-8-31(50)37-15-25(47)20-44)17-22-2-1-3-23(39-22)18-42(13-11-40)29(35(56)57)6-9-32(51)38-16-26(48)21-45;;/h2*1-3,24-29,43-48H,4-21H2,(H,36,49)(H,37,50)(H,38,51)(H,52,53)(H,54,55)(H,56,57);;/q;;2*+3. The molecule has 4 bridgehead atoms. The Hall–Kier alpha value is -6.13. The average molecular weight is 1950 g/mol. The summed E-state index contributed by atoms with van der Waals surface area (Å²) in [6, 6.07) is 1.99. The molecule has 12 unspecified atom stereocenters. The predicted molar refractivity (Wildman–Crippen MR) is 394 cm³/mol. The molecule has 2 aromatic heterocycles. The van der Waals surface area contributed by atoms with Gasteiger partial charge in [0.1, 0.15) is 36.3 Å². The number of nitrogens with one attached hydrogen (secondary N) is 6. The Balaban J connectivity index is 0.00000114. The Labute approximate surface area is 732 Å². The fraction of sp³-hybridized carbons (Fsp3) is 0.686. The summed E-state index contributed by atoms with van der Waals surface area (Å²) in [5.41, 5.74) is 1.52. The van der Waals surface area contributed by atoms with Crippen molar-refractivity contribution in [1.82, 2.24) is 71.3 Å². The van der Waals surface area contributed by atoms with Gasteiger partial charge in [0, 0.05) is 156 Å². The maximum atomic E-state index is 12.8. The van der Waals surface area contributed by atoms with Gasteiger partial charge in [-0.3, -0.25) is 96.9 Å². The van der Waals surface area contributed by atoms with Crippen molar-refractivity contribution in [3.63, 3.8) is 0 Å². The van der Waals surface area contributed by atoms with Crippen LogP contribution in [-0.2, 0) is 83.7 Å². The molecule has 0 spiro atoms. The third-order valence-corrected chi connectivity index (χ3v) is 18.6. The number of carboxylic acid groups (broad SMARTS) is 6. The molecule has 6 amide bonds. The molecule has 0 aliphatic carbocycles. The Morgan fingerprint density at radius 2 is 0.422 bits per heavy atom. The van der Waals surface area contributed by atoms with E-state index in [-0.39, 0.29) is 275 Å². The van der Waals surface area contributed by atoms with Gasteiger partial charge in [-0.15, -0.1) is 0 Å². The first-order chi connectivity index (χ1) is 54.1. The number of carboxylic acids is 6. The largest absolute Gasteiger partial charge is 3.00 e. The minimum absolute atomic E-state index is 0. The first-order valence-corrected chi connectivity index (χ1v) is 37.2. The van der Waals surface area contributed by atoms with Crippen LogP contribution in [0.5, 0.6) is 0 Å². The maximum Gasteiger partial charge on any atom is 3.00 e. The van der Waals surface area contributed by atoms with Crippen LogP contribution in [0.4, 0.5) is 0 Å². The van der Waals surface area contributed by atoms with E-state index in [1.165, 1.54) is 29.4 Å². The number of aromatic nitrogens is 2. The van der Waals surface area contributed by atoms with Crippen molar-refractivity contribution < 1.29 is 229 Å². The molecule has 24 N–H and O–H groups in total. The van der Waals surface area contributed by atoms with Gasteiger partial charge in [0.15, 0.2) is 0 Å². The predicted octanol–water partition coefficient (Wildman–Crippen LogP) is -9.78. The van der Waals surface area contributed by atoms with Gasteiger partial charge in [0.05, 0.1) is 99.0 Å². The smallest absolute Gasteiger partial charge is 0.480 e. The van der Waals surface area contributed by atoms with Crippen molar-refractivity contribution >= 4 is 71.3 Å². The van der Waals surface area contributed by atoms with E-state index >= 15 is 0 Å². The minimum Gasteiger partial charge on any atom is -0.480 e. The summed E-state index contributed by atoms with van der Waals surface area (Å²) >= 11 is 0. The first-order valence-electron chi connectivity index (χ1n) is 37.2. The van der Waals surface area contributed by atoms with E-state index in [1.54, 1.807) is 36.4 Å². The van der Waals surface area contributed by atoms with Crippen molar-refractivity contribution in [2.24, 2.45) is 0 Å². The van der Waals surface area contributed by atoms with Crippen molar-refractivity contribution in [1.29, 1.82) is 0 Å². The number of hydrogen-bond donors (Lipinski definition) is 24. The summed E-state index contributed by atoms with van der Waals surface area (Å²) in [6.45, 7) is -6.26. The van der Waals surface area contributed by atoms with Crippen LogP contribution < -0.4 is 31.9 Å². The second-order valence-corrected chi connectivity index (χ2v) is 27.4. The number of aliphatic hydroxyl groups is 12. The average Bonchev–Trinajstić information content (AvgIpc) is 0.833. The number of amides is 6. The van der Waals surface area contributed by atoms with E-state index in [4.69, 9.17) is 30.6 Å². The fourth-order valence-corrected chi connectivity index (χ4v) is 12.2.